The predicted molar refractivity (Wildman–Crippen MR) is 106 cm³/mol. The van der Waals surface area contributed by atoms with Crippen molar-refractivity contribution in [3.63, 3.8) is 0 Å². The molecule has 0 saturated heterocycles. The van der Waals surface area contributed by atoms with E-state index in [-0.39, 0.29) is 17.7 Å². The van der Waals surface area contributed by atoms with Crippen LogP contribution in [0.2, 0.25) is 0 Å². The minimum atomic E-state index is -0.593. The Kier molecular flexibility index (Phi) is 7.55. The molecule has 144 valence electrons. The molecule has 2 aromatic carbocycles. The molecule has 0 aromatic heterocycles. The summed E-state index contributed by atoms with van der Waals surface area (Å²) < 4.78 is 5.10. The van der Waals surface area contributed by atoms with Gasteiger partial charge in [-0.1, -0.05) is 56.3 Å². The smallest absolute Gasteiger partial charge is 0.252 e. The summed E-state index contributed by atoms with van der Waals surface area (Å²) in [5, 5.41) is 5.79. The van der Waals surface area contributed by atoms with Crippen molar-refractivity contribution in [2.24, 2.45) is 5.92 Å². The summed E-state index contributed by atoms with van der Waals surface area (Å²) in [6, 6.07) is 14.6. The maximum absolute atomic E-state index is 12.6. The van der Waals surface area contributed by atoms with E-state index in [1.54, 1.807) is 13.2 Å². The van der Waals surface area contributed by atoms with Gasteiger partial charge in [0.15, 0.2) is 0 Å². The number of amides is 2. The second-order valence-electron chi connectivity index (χ2n) is 6.98. The normalized spacial score (nSPS) is 11.9. The van der Waals surface area contributed by atoms with Gasteiger partial charge >= 0.3 is 0 Å². The van der Waals surface area contributed by atoms with Crippen LogP contribution in [0.4, 0.5) is 0 Å². The number of hydrogen-bond acceptors (Lipinski definition) is 3. The molecule has 0 aliphatic carbocycles. The summed E-state index contributed by atoms with van der Waals surface area (Å²) in [7, 11) is 1.66. The molecule has 0 fully saturated rings. The standard InChI is InChI=1S/C22H28N2O3/c1-15(2)20(24-21(25)19-8-6-5-7-16(19)3)22(26)23-13-17-9-11-18(12-10-17)14-27-4/h5-12,15,20H,13-14H2,1-4H3,(H,23,26)(H,24,25). The molecule has 1 atom stereocenters. The fraction of sp³-hybridized carbons (Fsp3) is 0.364. The van der Waals surface area contributed by atoms with Gasteiger partial charge < -0.3 is 15.4 Å². The number of carbonyl (C=O) groups excluding carboxylic acids is 2. The van der Waals surface area contributed by atoms with E-state index in [1.165, 1.54) is 0 Å². The van der Waals surface area contributed by atoms with Crippen LogP contribution in [-0.2, 0) is 22.7 Å². The van der Waals surface area contributed by atoms with Crippen molar-refractivity contribution < 1.29 is 14.3 Å². The summed E-state index contributed by atoms with van der Waals surface area (Å²) in [4.78, 5) is 25.2. The summed E-state index contributed by atoms with van der Waals surface area (Å²) in [6.45, 7) is 6.69. The van der Waals surface area contributed by atoms with E-state index in [9.17, 15) is 9.59 Å². The summed E-state index contributed by atoms with van der Waals surface area (Å²) in [6.07, 6.45) is 0. The molecule has 0 radical (unpaired) electrons. The second kappa shape index (κ2) is 9.88. The van der Waals surface area contributed by atoms with Crippen LogP contribution in [0, 0.1) is 12.8 Å². The molecular weight excluding hydrogens is 340 g/mol. The zero-order chi connectivity index (χ0) is 19.8. The third kappa shape index (κ3) is 5.93. The Bertz CT molecular complexity index is 769. The first-order chi connectivity index (χ1) is 12.9. The summed E-state index contributed by atoms with van der Waals surface area (Å²) in [5.74, 6) is -0.444. The van der Waals surface area contributed by atoms with Gasteiger partial charge in [0, 0.05) is 19.2 Å². The predicted octanol–water partition coefficient (Wildman–Crippen LogP) is 3.21. The van der Waals surface area contributed by atoms with Gasteiger partial charge in [0.05, 0.1) is 6.61 Å². The Morgan fingerprint density at radius 1 is 1.00 bits per heavy atom. The summed E-state index contributed by atoms with van der Waals surface area (Å²) in [5.41, 5.74) is 3.55. The van der Waals surface area contributed by atoms with E-state index < -0.39 is 6.04 Å². The Hall–Kier alpha value is -2.66. The Morgan fingerprint density at radius 3 is 2.22 bits per heavy atom. The Balaban J connectivity index is 1.98. The number of aryl methyl sites for hydroxylation is 1. The van der Waals surface area contributed by atoms with Gasteiger partial charge in [-0.2, -0.15) is 0 Å². The number of nitrogens with one attached hydrogen (secondary N) is 2. The van der Waals surface area contributed by atoms with Crippen LogP contribution in [0.3, 0.4) is 0 Å². The van der Waals surface area contributed by atoms with E-state index in [0.29, 0.717) is 18.7 Å². The van der Waals surface area contributed by atoms with Gasteiger partial charge in [0.25, 0.3) is 5.91 Å². The lowest BCUT2D eigenvalue weighted by molar-refractivity contribution is -0.124. The molecule has 2 amide bonds. The highest BCUT2D eigenvalue weighted by Gasteiger charge is 2.24. The second-order valence-corrected chi connectivity index (χ2v) is 6.98. The van der Waals surface area contributed by atoms with Gasteiger partial charge in [0.2, 0.25) is 5.91 Å². The van der Waals surface area contributed by atoms with Crippen molar-refractivity contribution >= 4 is 11.8 Å². The van der Waals surface area contributed by atoms with E-state index in [1.807, 2.05) is 63.2 Å². The molecule has 5 nitrogen and oxygen atoms in total. The van der Waals surface area contributed by atoms with Gasteiger partial charge in [-0.3, -0.25) is 9.59 Å². The molecule has 1 unspecified atom stereocenters. The number of methoxy groups -OCH3 is 1. The van der Waals surface area contributed by atoms with Crippen LogP contribution in [0.15, 0.2) is 48.5 Å². The van der Waals surface area contributed by atoms with Crippen LogP contribution >= 0.6 is 0 Å². The fourth-order valence-electron chi connectivity index (χ4n) is 2.80. The van der Waals surface area contributed by atoms with E-state index in [4.69, 9.17) is 4.74 Å². The summed E-state index contributed by atoms with van der Waals surface area (Å²) >= 11 is 0. The molecule has 0 aliphatic rings. The highest BCUT2D eigenvalue weighted by atomic mass is 16.5. The van der Waals surface area contributed by atoms with Gasteiger partial charge in [0.1, 0.15) is 6.04 Å². The van der Waals surface area contributed by atoms with Crippen molar-refractivity contribution in [3.05, 3.63) is 70.8 Å². The minimum absolute atomic E-state index is 0.0259. The average molecular weight is 368 g/mol. The minimum Gasteiger partial charge on any atom is -0.380 e. The van der Waals surface area contributed by atoms with Crippen molar-refractivity contribution in [2.45, 2.75) is 40.0 Å². The average Bonchev–Trinajstić information content (AvgIpc) is 2.65. The van der Waals surface area contributed by atoms with Crippen LogP contribution in [0.5, 0.6) is 0 Å². The van der Waals surface area contributed by atoms with Crippen molar-refractivity contribution in [3.8, 4) is 0 Å². The highest BCUT2D eigenvalue weighted by molar-refractivity contribution is 5.98. The number of rotatable bonds is 8. The molecule has 27 heavy (non-hydrogen) atoms. The molecule has 2 N–H and O–H groups in total. The first-order valence-corrected chi connectivity index (χ1v) is 9.13. The Morgan fingerprint density at radius 2 is 1.63 bits per heavy atom. The number of hydrogen-bond donors (Lipinski definition) is 2. The molecule has 2 rings (SSSR count). The lowest BCUT2D eigenvalue weighted by atomic mass is 10.0. The molecule has 0 spiro atoms. The number of carbonyl (C=O) groups is 2. The van der Waals surface area contributed by atoms with E-state index in [2.05, 4.69) is 10.6 Å². The SMILES string of the molecule is COCc1ccc(CNC(=O)C(NC(=O)c2ccccc2C)C(C)C)cc1. The fourth-order valence-corrected chi connectivity index (χ4v) is 2.80. The maximum atomic E-state index is 12.6. The van der Waals surface area contributed by atoms with Crippen molar-refractivity contribution in [1.82, 2.24) is 10.6 Å². The topological polar surface area (TPSA) is 67.4 Å². The van der Waals surface area contributed by atoms with Crippen LogP contribution in [0.1, 0.15) is 40.9 Å². The third-order valence-corrected chi connectivity index (χ3v) is 4.43. The lowest BCUT2D eigenvalue weighted by Crippen LogP contribution is -2.49. The zero-order valence-corrected chi connectivity index (χ0v) is 16.4. The molecule has 2 aromatic rings. The molecule has 0 heterocycles. The van der Waals surface area contributed by atoms with Crippen molar-refractivity contribution in [1.29, 1.82) is 0 Å². The van der Waals surface area contributed by atoms with Crippen molar-refractivity contribution in [2.75, 3.05) is 7.11 Å². The molecule has 5 heteroatoms. The van der Waals surface area contributed by atoms with Crippen LogP contribution < -0.4 is 10.6 Å². The first-order valence-electron chi connectivity index (χ1n) is 9.13. The van der Waals surface area contributed by atoms with Gasteiger partial charge in [-0.15, -0.1) is 0 Å². The molecule has 0 saturated carbocycles. The monoisotopic (exact) mass is 368 g/mol. The van der Waals surface area contributed by atoms with Crippen LogP contribution in [-0.4, -0.2) is 25.0 Å². The molecule has 0 bridgehead atoms. The number of ether oxygens (including phenoxy) is 1. The molecule has 0 aliphatic heterocycles. The highest BCUT2D eigenvalue weighted by Crippen LogP contribution is 2.10. The zero-order valence-electron chi connectivity index (χ0n) is 16.4. The molecular formula is C22H28N2O3. The van der Waals surface area contributed by atoms with Gasteiger partial charge in [-0.05, 0) is 35.6 Å². The van der Waals surface area contributed by atoms with E-state index >= 15 is 0 Å². The quantitative estimate of drug-likeness (QED) is 0.752. The van der Waals surface area contributed by atoms with Crippen LogP contribution in [0.25, 0.3) is 0 Å². The van der Waals surface area contributed by atoms with E-state index in [0.717, 1.165) is 16.7 Å². The third-order valence-electron chi connectivity index (χ3n) is 4.43. The first kappa shape index (κ1) is 20.6. The Labute approximate surface area is 161 Å². The number of benzene rings is 2. The lowest BCUT2D eigenvalue weighted by Gasteiger charge is -2.22. The van der Waals surface area contributed by atoms with Gasteiger partial charge in [-0.25, -0.2) is 0 Å². The largest absolute Gasteiger partial charge is 0.380 e. The maximum Gasteiger partial charge on any atom is 0.252 e.